The van der Waals surface area contributed by atoms with Crippen LogP contribution in [0.15, 0.2) is 6.33 Å². The monoisotopic (exact) mass is 256 g/mol. The number of nitrogens with zero attached hydrogens (tertiary/aromatic N) is 3. The normalized spacial score (nSPS) is 12.9. The minimum atomic E-state index is 0.542. The summed E-state index contributed by atoms with van der Waals surface area (Å²) >= 11 is 2.00. The van der Waals surface area contributed by atoms with Gasteiger partial charge in [0.15, 0.2) is 0 Å². The van der Waals surface area contributed by atoms with Crippen molar-refractivity contribution in [2.75, 3.05) is 11.5 Å². The van der Waals surface area contributed by atoms with E-state index in [1.165, 1.54) is 17.9 Å². The lowest BCUT2D eigenvalue weighted by Crippen LogP contribution is -2.27. The number of hydrogen-bond donors (Lipinski definition) is 1. The zero-order chi connectivity index (χ0) is 12.5. The predicted octanol–water partition coefficient (Wildman–Crippen LogP) is 2.31. The Bertz CT molecular complexity index is 300. The number of rotatable bonds is 9. The average Bonchev–Trinajstić information content (AvgIpc) is 2.75. The van der Waals surface area contributed by atoms with Crippen LogP contribution in [0.3, 0.4) is 0 Å². The summed E-state index contributed by atoms with van der Waals surface area (Å²) in [6.07, 6.45) is 3.95. The summed E-state index contributed by atoms with van der Waals surface area (Å²) < 4.78 is 1.99. The summed E-state index contributed by atoms with van der Waals surface area (Å²) in [5.74, 6) is 3.48. The van der Waals surface area contributed by atoms with Gasteiger partial charge < -0.3 is 5.32 Å². The molecular weight excluding hydrogens is 232 g/mol. The first-order chi connectivity index (χ1) is 8.27. The molecule has 98 valence electrons. The van der Waals surface area contributed by atoms with Crippen LogP contribution in [0.4, 0.5) is 0 Å². The number of thioether (sulfide) groups is 1. The molecule has 17 heavy (non-hydrogen) atoms. The number of aromatic nitrogens is 3. The van der Waals surface area contributed by atoms with Gasteiger partial charge in [-0.25, -0.2) is 9.67 Å². The van der Waals surface area contributed by atoms with E-state index < -0.39 is 0 Å². The molecule has 0 aliphatic carbocycles. The van der Waals surface area contributed by atoms with Gasteiger partial charge in [0.05, 0.1) is 6.54 Å². The second kappa shape index (κ2) is 8.53. The van der Waals surface area contributed by atoms with E-state index in [1.54, 1.807) is 6.33 Å². The first-order valence-corrected chi connectivity index (χ1v) is 7.61. The maximum atomic E-state index is 4.29. The Morgan fingerprint density at radius 3 is 3.00 bits per heavy atom. The van der Waals surface area contributed by atoms with Gasteiger partial charge in [-0.15, -0.1) is 0 Å². The van der Waals surface area contributed by atoms with Gasteiger partial charge in [-0.1, -0.05) is 13.8 Å². The Morgan fingerprint density at radius 2 is 2.29 bits per heavy atom. The van der Waals surface area contributed by atoms with Gasteiger partial charge in [0, 0.05) is 12.6 Å². The molecule has 1 aromatic rings. The molecule has 0 fully saturated rings. The van der Waals surface area contributed by atoms with Gasteiger partial charge in [0.25, 0.3) is 0 Å². The van der Waals surface area contributed by atoms with E-state index in [-0.39, 0.29) is 0 Å². The Kier molecular flexibility index (Phi) is 7.28. The van der Waals surface area contributed by atoms with Crippen LogP contribution in [0.5, 0.6) is 0 Å². The molecule has 4 nitrogen and oxygen atoms in total. The fourth-order valence-corrected chi connectivity index (χ4v) is 2.40. The largest absolute Gasteiger partial charge is 0.307 e. The molecule has 5 heteroatoms. The number of aryl methyl sites for hydroxylation is 1. The van der Waals surface area contributed by atoms with Crippen LogP contribution < -0.4 is 5.32 Å². The van der Waals surface area contributed by atoms with Crippen molar-refractivity contribution in [1.82, 2.24) is 20.1 Å². The maximum Gasteiger partial charge on any atom is 0.140 e. The van der Waals surface area contributed by atoms with E-state index in [2.05, 4.69) is 36.2 Å². The topological polar surface area (TPSA) is 42.7 Å². The minimum Gasteiger partial charge on any atom is -0.307 e. The van der Waals surface area contributed by atoms with Gasteiger partial charge in [0.1, 0.15) is 12.2 Å². The molecule has 0 saturated carbocycles. The third-order valence-electron chi connectivity index (χ3n) is 2.64. The molecule has 0 aliphatic heterocycles. The highest BCUT2D eigenvalue weighted by molar-refractivity contribution is 7.99. The second-order valence-electron chi connectivity index (χ2n) is 4.17. The van der Waals surface area contributed by atoms with Crippen molar-refractivity contribution in [2.24, 2.45) is 0 Å². The molecule has 0 amide bonds. The molecule has 0 saturated heterocycles. The summed E-state index contributed by atoms with van der Waals surface area (Å²) in [6.45, 7) is 8.37. The van der Waals surface area contributed by atoms with Gasteiger partial charge in [-0.2, -0.15) is 16.9 Å². The maximum absolute atomic E-state index is 4.29. The molecule has 1 aromatic heterocycles. The lowest BCUT2D eigenvalue weighted by atomic mass is 10.2. The van der Waals surface area contributed by atoms with Gasteiger partial charge >= 0.3 is 0 Å². The van der Waals surface area contributed by atoms with Crippen LogP contribution in [0.25, 0.3) is 0 Å². The fourth-order valence-electron chi connectivity index (χ4n) is 1.60. The Balaban J connectivity index is 2.26. The van der Waals surface area contributed by atoms with E-state index in [0.29, 0.717) is 6.04 Å². The Labute approximate surface area is 109 Å². The highest BCUT2D eigenvalue weighted by Crippen LogP contribution is 2.04. The number of hydrogen-bond acceptors (Lipinski definition) is 4. The van der Waals surface area contributed by atoms with Crippen molar-refractivity contribution in [3.05, 3.63) is 12.2 Å². The molecule has 0 aromatic carbocycles. The highest BCUT2D eigenvalue weighted by atomic mass is 32.2. The predicted molar refractivity (Wildman–Crippen MR) is 74.2 cm³/mol. The second-order valence-corrected chi connectivity index (χ2v) is 5.56. The van der Waals surface area contributed by atoms with Crippen LogP contribution >= 0.6 is 11.8 Å². The van der Waals surface area contributed by atoms with Gasteiger partial charge in [0.2, 0.25) is 0 Å². The SMILES string of the molecule is CCCn1ncnc1CNC(C)CCSCC. The van der Waals surface area contributed by atoms with Crippen LogP contribution in [-0.4, -0.2) is 32.3 Å². The third kappa shape index (κ3) is 5.55. The van der Waals surface area contributed by atoms with Crippen molar-refractivity contribution in [1.29, 1.82) is 0 Å². The fraction of sp³-hybridized carbons (Fsp3) is 0.833. The first-order valence-electron chi connectivity index (χ1n) is 6.45. The third-order valence-corrected chi connectivity index (χ3v) is 3.57. The van der Waals surface area contributed by atoms with Gasteiger partial charge in [-0.3, -0.25) is 0 Å². The molecule has 1 heterocycles. The molecular formula is C12H24N4S. The molecule has 0 aliphatic rings. The first kappa shape index (κ1) is 14.5. The van der Waals surface area contributed by atoms with Gasteiger partial charge in [-0.05, 0) is 31.3 Å². The van der Waals surface area contributed by atoms with Crippen molar-refractivity contribution in [2.45, 2.75) is 52.7 Å². The minimum absolute atomic E-state index is 0.542. The van der Waals surface area contributed by atoms with Crippen molar-refractivity contribution >= 4 is 11.8 Å². The molecule has 1 rings (SSSR count). The smallest absolute Gasteiger partial charge is 0.140 e. The summed E-state index contributed by atoms with van der Waals surface area (Å²) in [5.41, 5.74) is 0. The zero-order valence-electron chi connectivity index (χ0n) is 11.1. The molecule has 1 unspecified atom stereocenters. The van der Waals surface area contributed by atoms with Crippen LogP contribution in [0, 0.1) is 0 Å². The van der Waals surface area contributed by atoms with Crippen LogP contribution in [0.1, 0.15) is 39.4 Å². The molecule has 1 N–H and O–H groups in total. The summed E-state index contributed by atoms with van der Waals surface area (Å²) in [5, 5.41) is 7.73. The van der Waals surface area contributed by atoms with E-state index in [1.807, 2.05) is 16.4 Å². The van der Waals surface area contributed by atoms with E-state index in [4.69, 9.17) is 0 Å². The van der Waals surface area contributed by atoms with Crippen molar-refractivity contribution in [3.8, 4) is 0 Å². The summed E-state index contributed by atoms with van der Waals surface area (Å²) in [6, 6.07) is 0.542. The van der Waals surface area contributed by atoms with Crippen molar-refractivity contribution in [3.63, 3.8) is 0 Å². The highest BCUT2D eigenvalue weighted by Gasteiger charge is 2.06. The van der Waals surface area contributed by atoms with Crippen molar-refractivity contribution < 1.29 is 0 Å². The Morgan fingerprint density at radius 1 is 1.47 bits per heavy atom. The standard InChI is InChI=1S/C12H24N4S/c1-4-7-16-12(14-10-15-16)9-13-11(3)6-8-17-5-2/h10-11,13H,4-9H2,1-3H3. The van der Waals surface area contributed by atoms with E-state index in [9.17, 15) is 0 Å². The summed E-state index contributed by atoms with van der Waals surface area (Å²) in [7, 11) is 0. The molecule has 0 radical (unpaired) electrons. The van der Waals surface area contributed by atoms with E-state index >= 15 is 0 Å². The average molecular weight is 256 g/mol. The quantitative estimate of drug-likeness (QED) is 0.689. The van der Waals surface area contributed by atoms with Crippen LogP contribution in [-0.2, 0) is 13.1 Å². The van der Waals surface area contributed by atoms with E-state index in [0.717, 1.165) is 25.3 Å². The van der Waals surface area contributed by atoms with Crippen LogP contribution in [0.2, 0.25) is 0 Å². The zero-order valence-corrected chi connectivity index (χ0v) is 12.0. The molecule has 0 bridgehead atoms. The lowest BCUT2D eigenvalue weighted by molar-refractivity contribution is 0.493. The number of nitrogens with one attached hydrogen (secondary N) is 1. The Hall–Kier alpha value is -0.550. The molecule has 1 atom stereocenters. The molecule has 0 spiro atoms. The lowest BCUT2D eigenvalue weighted by Gasteiger charge is -2.13. The summed E-state index contributed by atoms with van der Waals surface area (Å²) in [4.78, 5) is 4.29.